The Balaban J connectivity index is 2.58. The van der Waals surface area contributed by atoms with E-state index in [0.717, 1.165) is 5.69 Å². The molecule has 0 saturated carbocycles. The fourth-order valence-corrected chi connectivity index (χ4v) is 1.44. The second-order valence-electron chi connectivity index (χ2n) is 4.17. The van der Waals surface area contributed by atoms with E-state index in [9.17, 15) is 4.79 Å². The van der Waals surface area contributed by atoms with Gasteiger partial charge >= 0.3 is 0 Å². The summed E-state index contributed by atoms with van der Waals surface area (Å²) >= 11 is 0. The van der Waals surface area contributed by atoms with E-state index in [0.29, 0.717) is 12.2 Å². The van der Waals surface area contributed by atoms with E-state index < -0.39 is 0 Å². The van der Waals surface area contributed by atoms with Crippen molar-refractivity contribution in [2.24, 2.45) is 0 Å². The average Bonchev–Trinajstić information content (AvgIpc) is 2.16. The van der Waals surface area contributed by atoms with Gasteiger partial charge in [0.25, 0.3) is 0 Å². The van der Waals surface area contributed by atoms with Crippen molar-refractivity contribution in [1.29, 1.82) is 0 Å². The van der Waals surface area contributed by atoms with Crippen LogP contribution in [0.25, 0.3) is 0 Å². The number of rotatable bonds is 4. The monoisotopic (exact) mass is 221 g/mol. The molecule has 0 aliphatic heterocycles. The van der Waals surface area contributed by atoms with Gasteiger partial charge in [-0.25, -0.2) is 0 Å². The zero-order chi connectivity index (χ0) is 12.1. The quantitative estimate of drug-likeness (QED) is 0.752. The summed E-state index contributed by atoms with van der Waals surface area (Å²) in [6.07, 6.45) is 0. The lowest BCUT2D eigenvalue weighted by Crippen LogP contribution is -2.38. The van der Waals surface area contributed by atoms with Gasteiger partial charge in [0.2, 0.25) is 5.91 Å². The molecule has 0 unspecified atom stereocenters. The van der Waals surface area contributed by atoms with E-state index >= 15 is 0 Å². The summed E-state index contributed by atoms with van der Waals surface area (Å²) in [6.45, 7) is 4.22. The summed E-state index contributed by atoms with van der Waals surface area (Å²) in [5.41, 5.74) is 7.33. The highest BCUT2D eigenvalue weighted by atomic mass is 16.2. The Labute approximate surface area is 96.4 Å². The van der Waals surface area contributed by atoms with Crippen LogP contribution in [0.5, 0.6) is 0 Å². The zero-order valence-electron chi connectivity index (χ0n) is 10.0. The number of benzene rings is 1. The summed E-state index contributed by atoms with van der Waals surface area (Å²) < 4.78 is 0. The van der Waals surface area contributed by atoms with Crippen LogP contribution < -0.4 is 16.0 Å². The maximum absolute atomic E-state index is 11.5. The highest BCUT2D eigenvalue weighted by molar-refractivity contribution is 5.81. The number of nitrogen functional groups attached to an aromatic ring is 1. The van der Waals surface area contributed by atoms with Crippen molar-refractivity contribution in [2.75, 3.05) is 24.2 Å². The highest BCUT2D eigenvalue weighted by Gasteiger charge is 2.08. The molecule has 16 heavy (non-hydrogen) atoms. The summed E-state index contributed by atoms with van der Waals surface area (Å²) in [6, 6.07) is 7.65. The van der Waals surface area contributed by atoms with Crippen molar-refractivity contribution in [1.82, 2.24) is 5.32 Å². The zero-order valence-corrected chi connectivity index (χ0v) is 10.0. The van der Waals surface area contributed by atoms with Crippen molar-refractivity contribution in [2.45, 2.75) is 19.9 Å². The Kier molecular flexibility index (Phi) is 4.17. The number of nitrogens with one attached hydrogen (secondary N) is 1. The summed E-state index contributed by atoms with van der Waals surface area (Å²) in [5.74, 6) is 0.0138. The number of hydrogen-bond acceptors (Lipinski definition) is 3. The van der Waals surface area contributed by atoms with Gasteiger partial charge in [0.1, 0.15) is 0 Å². The first-order valence-corrected chi connectivity index (χ1v) is 5.35. The molecule has 0 aliphatic rings. The molecule has 0 heterocycles. The predicted octanol–water partition coefficient (Wildman–Crippen LogP) is 1.23. The standard InChI is InChI=1S/C12H19N3O/c1-9(2)14-12(16)8-15(3)11-6-4-5-10(13)7-11/h4-7,9H,8,13H2,1-3H3,(H,14,16). The molecule has 1 aromatic rings. The van der Waals surface area contributed by atoms with E-state index in [2.05, 4.69) is 5.32 Å². The Morgan fingerprint density at radius 1 is 1.50 bits per heavy atom. The SMILES string of the molecule is CC(C)NC(=O)CN(C)c1cccc(N)c1. The van der Waals surface area contributed by atoms with Crippen LogP contribution in [-0.4, -0.2) is 25.5 Å². The molecule has 0 radical (unpaired) electrons. The number of nitrogens with two attached hydrogens (primary N) is 1. The molecule has 0 fully saturated rings. The number of anilines is 2. The fraction of sp³-hybridized carbons (Fsp3) is 0.417. The molecule has 4 heteroatoms. The maximum atomic E-state index is 11.5. The molecule has 0 aromatic heterocycles. The third-order valence-electron chi connectivity index (χ3n) is 2.14. The van der Waals surface area contributed by atoms with E-state index in [4.69, 9.17) is 5.73 Å². The predicted molar refractivity (Wildman–Crippen MR) is 67.4 cm³/mol. The largest absolute Gasteiger partial charge is 0.399 e. The second-order valence-corrected chi connectivity index (χ2v) is 4.17. The number of amides is 1. The lowest BCUT2D eigenvalue weighted by molar-refractivity contribution is -0.120. The van der Waals surface area contributed by atoms with Crippen LogP contribution in [0.3, 0.4) is 0 Å². The van der Waals surface area contributed by atoms with Crippen LogP contribution in [0.2, 0.25) is 0 Å². The first-order chi connectivity index (χ1) is 7.49. The number of nitrogens with zero attached hydrogens (tertiary/aromatic N) is 1. The Hall–Kier alpha value is -1.71. The Bertz CT molecular complexity index is 363. The lowest BCUT2D eigenvalue weighted by Gasteiger charge is -2.19. The van der Waals surface area contributed by atoms with Crippen molar-refractivity contribution in [3.05, 3.63) is 24.3 Å². The molecule has 1 rings (SSSR count). The van der Waals surface area contributed by atoms with Crippen LogP contribution in [0.1, 0.15) is 13.8 Å². The normalized spacial score (nSPS) is 10.2. The fourth-order valence-electron chi connectivity index (χ4n) is 1.44. The summed E-state index contributed by atoms with van der Waals surface area (Å²) in [4.78, 5) is 13.4. The Morgan fingerprint density at radius 2 is 2.19 bits per heavy atom. The van der Waals surface area contributed by atoms with Gasteiger partial charge < -0.3 is 16.0 Å². The van der Waals surface area contributed by atoms with Gasteiger partial charge in [0.05, 0.1) is 6.54 Å². The first kappa shape index (κ1) is 12.4. The number of hydrogen-bond donors (Lipinski definition) is 2. The van der Waals surface area contributed by atoms with Crippen LogP contribution >= 0.6 is 0 Å². The molecule has 1 aromatic carbocycles. The van der Waals surface area contributed by atoms with Crippen molar-refractivity contribution in [3.63, 3.8) is 0 Å². The van der Waals surface area contributed by atoms with Crippen LogP contribution in [-0.2, 0) is 4.79 Å². The van der Waals surface area contributed by atoms with Crippen molar-refractivity contribution >= 4 is 17.3 Å². The number of likely N-dealkylation sites (N-methyl/N-ethyl adjacent to an activating group) is 1. The molecular formula is C12H19N3O. The first-order valence-electron chi connectivity index (χ1n) is 5.35. The maximum Gasteiger partial charge on any atom is 0.239 e. The van der Waals surface area contributed by atoms with Gasteiger partial charge in [0, 0.05) is 24.5 Å². The number of carbonyl (C=O) groups is 1. The smallest absolute Gasteiger partial charge is 0.239 e. The molecule has 0 spiro atoms. The minimum absolute atomic E-state index is 0.0138. The lowest BCUT2D eigenvalue weighted by atomic mass is 10.2. The number of carbonyl (C=O) groups excluding carboxylic acids is 1. The molecule has 0 bridgehead atoms. The molecule has 4 nitrogen and oxygen atoms in total. The molecule has 1 amide bonds. The topological polar surface area (TPSA) is 58.4 Å². The van der Waals surface area contributed by atoms with Gasteiger partial charge in [-0.15, -0.1) is 0 Å². The van der Waals surface area contributed by atoms with E-state index in [1.807, 2.05) is 50.1 Å². The van der Waals surface area contributed by atoms with Crippen molar-refractivity contribution < 1.29 is 4.79 Å². The van der Waals surface area contributed by atoms with Gasteiger partial charge in [-0.2, -0.15) is 0 Å². The van der Waals surface area contributed by atoms with E-state index in [1.165, 1.54) is 0 Å². The summed E-state index contributed by atoms with van der Waals surface area (Å²) in [7, 11) is 1.87. The molecule has 0 saturated heterocycles. The van der Waals surface area contributed by atoms with E-state index in [1.54, 1.807) is 0 Å². The van der Waals surface area contributed by atoms with Crippen LogP contribution in [0.15, 0.2) is 24.3 Å². The average molecular weight is 221 g/mol. The van der Waals surface area contributed by atoms with Gasteiger partial charge in [-0.05, 0) is 32.0 Å². The molecular weight excluding hydrogens is 202 g/mol. The third kappa shape index (κ3) is 3.81. The van der Waals surface area contributed by atoms with Gasteiger partial charge in [-0.1, -0.05) is 6.07 Å². The molecule has 3 N–H and O–H groups in total. The minimum Gasteiger partial charge on any atom is -0.399 e. The molecule has 88 valence electrons. The van der Waals surface area contributed by atoms with Crippen molar-refractivity contribution in [3.8, 4) is 0 Å². The van der Waals surface area contributed by atoms with Gasteiger partial charge in [0.15, 0.2) is 0 Å². The molecule has 0 atom stereocenters. The highest BCUT2D eigenvalue weighted by Crippen LogP contribution is 2.15. The van der Waals surface area contributed by atoms with Gasteiger partial charge in [-0.3, -0.25) is 4.79 Å². The van der Waals surface area contributed by atoms with Crippen LogP contribution in [0.4, 0.5) is 11.4 Å². The molecule has 0 aliphatic carbocycles. The summed E-state index contributed by atoms with van der Waals surface area (Å²) in [5, 5.41) is 2.85. The minimum atomic E-state index is 0.0138. The second kappa shape index (κ2) is 5.39. The van der Waals surface area contributed by atoms with E-state index in [-0.39, 0.29) is 11.9 Å². The Morgan fingerprint density at radius 3 is 2.75 bits per heavy atom. The van der Waals surface area contributed by atoms with Crippen LogP contribution in [0, 0.1) is 0 Å². The third-order valence-corrected chi connectivity index (χ3v) is 2.14.